The molecule has 13 unspecified atom stereocenters. The summed E-state index contributed by atoms with van der Waals surface area (Å²) in [6.45, 7) is 11.0. The summed E-state index contributed by atoms with van der Waals surface area (Å²) in [7, 11) is 0. The molecule has 1 spiro atoms. The van der Waals surface area contributed by atoms with Crippen molar-refractivity contribution in [3.8, 4) is 0 Å². The third-order valence-corrected chi connectivity index (χ3v) is 11.4. The number of carbonyl (C=O) groups excluding carboxylic acids is 8. The monoisotopic (exact) mass is 789 g/mol. The Kier molecular flexibility index (Phi) is 11.6. The first-order chi connectivity index (χ1) is 26.1. The van der Waals surface area contributed by atoms with Crippen molar-refractivity contribution in [2.45, 2.75) is 123 Å². The first-order valence-electron chi connectivity index (χ1n) is 18.1. The largest absolute Gasteiger partial charge is 0.465 e. The van der Waals surface area contributed by atoms with Crippen molar-refractivity contribution in [1.82, 2.24) is 4.98 Å². The third kappa shape index (κ3) is 6.96. The predicted octanol–water partition coefficient (Wildman–Crippen LogP) is 1.92. The maximum atomic E-state index is 14.3. The number of hydrogen-bond donors (Lipinski definition) is 0. The first-order valence-corrected chi connectivity index (χ1v) is 18.1. The van der Waals surface area contributed by atoms with Crippen LogP contribution in [0, 0.1) is 23.2 Å². The number of esters is 8. The second kappa shape index (κ2) is 15.4. The molecule has 4 bridgehead atoms. The Bertz CT molecular complexity index is 1810. The Balaban J connectivity index is 1.97. The van der Waals surface area contributed by atoms with Crippen molar-refractivity contribution in [1.29, 1.82) is 0 Å². The molecule has 0 amide bonds. The molecular formula is C38H47NO17. The fraction of sp³-hybridized carbons (Fsp3) is 0.658. The number of carbonyl (C=O) groups is 8. The average molecular weight is 790 g/mol. The van der Waals surface area contributed by atoms with Crippen molar-refractivity contribution in [3.05, 3.63) is 29.6 Å². The molecule has 1 saturated heterocycles. The van der Waals surface area contributed by atoms with Crippen molar-refractivity contribution in [2.75, 3.05) is 13.2 Å². The van der Waals surface area contributed by atoms with Crippen LogP contribution in [0.25, 0.3) is 0 Å². The number of pyridine rings is 1. The zero-order chi connectivity index (χ0) is 41.7. The van der Waals surface area contributed by atoms with Crippen LogP contribution >= 0.6 is 0 Å². The molecule has 306 valence electrons. The van der Waals surface area contributed by atoms with E-state index in [1.807, 2.05) is 0 Å². The van der Waals surface area contributed by atoms with Gasteiger partial charge in [0.05, 0.1) is 23.1 Å². The van der Waals surface area contributed by atoms with Crippen LogP contribution in [0.4, 0.5) is 0 Å². The van der Waals surface area contributed by atoms with Gasteiger partial charge in [-0.25, -0.2) is 4.79 Å². The molecule has 1 aromatic heterocycles. The lowest BCUT2D eigenvalue weighted by Gasteiger charge is -2.65. The number of hydrogen-bond acceptors (Lipinski definition) is 18. The van der Waals surface area contributed by atoms with E-state index in [2.05, 4.69) is 4.98 Å². The number of nitrogens with zero attached hydrogens (tertiary/aromatic N) is 1. The summed E-state index contributed by atoms with van der Waals surface area (Å²) in [5, 5.41) is 0. The first kappa shape index (κ1) is 42.0. The lowest BCUT2D eigenvalue weighted by molar-refractivity contribution is -0.349. The Morgan fingerprint density at radius 1 is 0.750 bits per heavy atom. The molecule has 1 aromatic rings. The van der Waals surface area contributed by atoms with E-state index in [0.29, 0.717) is 0 Å². The molecule has 3 heterocycles. The van der Waals surface area contributed by atoms with Crippen LogP contribution in [-0.2, 0) is 76.2 Å². The second-order valence-corrected chi connectivity index (χ2v) is 15.1. The van der Waals surface area contributed by atoms with Gasteiger partial charge in [-0.1, -0.05) is 20.8 Å². The number of rotatable bonds is 7. The summed E-state index contributed by atoms with van der Waals surface area (Å²) >= 11 is 0. The van der Waals surface area contributed by atoms with E-state index in [0.717, 1.165) is 41.5 Å². The molecule has 56 heavy (non-hydrogen) atoms. The summed E-state index contributed by atoms with van der Waals surface area (Å²) in [6.07, 6.45) is -8.94. The molecule has 2 aliphatic heterocycles. The molecule has 2 saturated carbocycles. The fourth-order valence-electron chi connectivity index (χ4n) is 9.24. The molecule has 18 nitrogen and oxygen atoms in total. The van der Waals surface area contributed by atoms with Crippen LogP contribution < -0.4 is 0 Å². The van der Waals surface area contributed by atoms with E-state index in [9.17, 15) is 38.4 Å². The van der Waals surface area contributed by atoms with Gasteiger partial charge in [-0.15, -0.1) is 0 Å². The third-order valence-electron chi connectivity index (χ3n) is 11.4. The molecule has 18 heteroatoms. The highest BCUT2D eigenvalue weighted by Gasteiger charge is 2.88. The number of cyclic esters (lactones) is 1. The highest BCUT2D eigenvalue weighted by Crippen LogP contribution is 2.69. The highest BCUT2D eigenvalue weighted by atomic mass is 16.7. The van der Waals surface area contributed by atoms with Crippen molar-refractivity contribution >= 4 is 47.8 Å². The van der Waals surface area contributed by atoms with Gasteiger partial charge in [0.2, 0.25) is 0 Å². The predicted molar refractivity (Wildman–Crippen MR) is 184 cm³/mol. The van der Waals surface area contributed by atoms with E-state index in [-0.39, 0.29) is 11.3 Å². The SMILES string of the molecule is CC(=O)OCC12C(OC(C)=O)C(OC(C)=O)C3OC(=O)C(C)C(C)c4ncccc4C(=O)OCC4(C)OC1(C3C)C(OC(C)=O)C4C(OC(C)=O)C2OC(C)=O. The zero-order valence-electron chi connectivity index (χ0n) is 32.8. The van der Waals surface area contributed by atoms with Gasteiger partial charge < -0.3 is 42.6 Å². The van der Waals surface area contributed by atoms with E-state index >= 15 is 0 Å². The summed E-state index contributed by atoms with van der Waals surface area (Å²) in [5.41, 5.74) is -6.19. The Hall–Kier alpha value is -5.13. The van der Waals surface area contributed by atoms with E-state index in [1.54, 1.807) is 6.92 Å². The van der Waals surface area contributed by atoms with E-state index in [4.69, 9.17) is 42.6 Å². The number of ether oxygens (including phenoxy) is 9. The van der Waals surface area contributed by atoms with Gasteiger partial charge in [0.25, 0.3) is 0 Å². The minimum atomic E-state index is -2.32. The van der Waals surface area contributed by atoms with Crippen LogP contribution in [0.5, 0.6) is 0 Å². The van der Waals surface area contributed by atoms with Crippen molar-refractivity contribution in [2.24, 2.45) is 23.2 Å². The molecule has 0 aromatic carbocycles. The molecule has 0 N–H and O–H groups in total. The normalized spacial score (nSPS) is 37.3. The smallest absolute Gasteiger partial charge is 0.340 e. The van der Waals surface area contributed by atoms with Gasteiger partial charge in [0, 0.05) is 59.6 Å². The minimum absolute atomic E-state index is 0.00998. The van der Waals surface area contributed by atoms with Crippen LogP contribution in [-0.4, -0.2) is 114 Å². The molecule has 2 aliphatic carbocycles. The topological polar surface area (TPSA) is 233 Å². The summed E-state index contributed by atoms with van der Waals surface area (Å²) in [5.74, 6) is -11.8. The van der Waals surface area contributed by atoms with Crippen molar-refractivity contribution in [3.63, 3.8) is 0 Å². The molecule has 4 aliphatic rings. The molecule has 0 radical (unpaired) electrons. The Morgan fingerprint density at radius 2 is 1.29 bits per heavy atom. The van der Waals surface area contributed by atoms with Crippen LogP contribution in [0.15, 0.2) is 18.3 Å². The molecular weight excluding hydrogens is 742 g/mol. The summed E-state index contributed by atoms with van der Waals surface area (Å²) in [6, 6.07) is 2.96. The Labute approximate surface area is 322 Å². The number of aromatic nitrogens is 1. The molecule has 3 fully saturated rings. The Morgan fingerprint density at radius 3 is 1.84 bits per heavy atom. The van der Waals surface area contributed by atoms with Gasteiger partial charge in [0.1, 0.15) is 48.1 Å². The van der Waals surface area contributed by atoms with Crippen LogP contribution in [0.3, 0.4) is 0 Å². The van der Waals surface area contributed by atoms with Gasteiger partial charge in [-0.2, -0.15) is 0 Å². The van der Waals surface area contributed by atoms with E-state index < -0.39 is 138 Å². The quantitative estimate of drug-likeness (QED) is 0.284. The van der Waals surface area contributed by atoms with Gasteiger partial charge >= 0.3 is 47.8 Å². The maximum Gasteiger partial charge on any atom is 0.340 e. The summed E-state index contributed by atoms with van der Waals surface area (Å²) < 4.78 is 55.1. The lowest BCUT2D eigenvalue weighted by Crippen LogP contribution is -2.84. The van der Waals surface area contributed by atoms with Crippen LogP contribution in [0.2, 0.25) is 0 Å². The second-order valence-electron chi connectivity index (χ2n) is 15.1. The fourth-order valence-corrected chi connectivity index (χ4v) is 9.24. The van der Waals surface area contributed by atoms with Gasteiger partial charge in [-0.3, -0.25) is 38.5 Å². The minimum Gasteiger partial charge on any atom is -0.465 e. The number of fused-ring (bicyclic) bond motifs is 5. The highest BCUT2D eigenvalue weighted by molar-refractivity contribution is 5.91. The van der Waals surface area contributed by atoms with Crippen molar-refractivity contribution < 1.29 is 81.0 Å². The summed E-state index contributed by atoms with van der Waals surface area (Å²) in [4.78, 5) is 111. The molecule has 5 rings (SSSR count). The van der Waals surface area contributed by atoms with Crippen LogP contribution in [0.1, 0.15) is 91.2 Å². The van der Waals surface area contributed by atoms with Gasteiger partial charge in [-0.05, 0) is 19.1 Å². The molecule has 13 atom stereocenters. The zero-order valence-corrected chi connectivity index (χ0v) is 32.8. The van der Waals surface area contributed by atoms with E-state index in [1.165, 1.54) is 39.1 Å². The maximum absolute atomic E-state index is 14.3. The average Bonchev–Trinajstić information content (AvgIpc) is 3.31. The lowest BCUT2D eigenvalue weighted by atomic mass is 9.46. The standard InChI is InChI=1S/C38H47NO17/c1-16-17(2)34(46)55-28-18(3)38-31(52-22(7)43)26(36(10,56-38)14-49-35(47)25-12-11-13-39-27(16)25)29(50-20(5)41)32(53-23(8)44)37(38,15-48-19(4)40)33(54-24(9)45)30(28)51-21(6)42/h11-13,16-18,26,28-33H,14-15H2,1-10H3. The van der Waals surface area contributed by atoms with Gasteiger partial charge in [0.15, 0.2) is 18.3 Å².